The lowest BCUT2D eigenvalue weighted by Gasteiger charge is -2.06. The maximum absolute atomic E-state index is 12.6. The lowest BCUT2D eigenvalue weighted by molar-refractivity contribution is 0.368. The van der Waals surface area contributed by atoms with E-state index in [0.717, 1.165) is 11.3 Å². The van der Waals surface area contributed by atoms with Gasteiger partial charge in [-0.1, -0.05) is 12.1 Å². The maximum Gasteiger partial charge on any atom is 0.200 e. The largest absolute Gasteiger partial charge is 0.497 e. The van der Waals surface area contributed by atoms with E-state index in [-0.39, 0.29) is 12.0 Å². The van der Waals surface area contributed by atoms with Gasteiger partial charge in [0.1, 0.15) is 29.4 Å². The molecule has 5 heteroatoms. The molecular formula is C18H13NO4. The van der Waals surface area contributed by atoms with E-state index in [4.69, 9.17) is 19.2 Å². The van der Waals surface area contributed by atoms with Gasteiger partial charge in [0.25, 0.3) is 0 Å². The van der Waals surface area contributed by atoms with Gasteiger partial charge in [-0.2, -0.15) is 5.26 Å². The summed E-state index contributed by atoms with van der Waals surface area (Å²) in [5.41, 5.74) is 1.53. The molecule has 0 radical (unpaired) electrons. The Balaban J connectivity index is 2.04. The van der Waals surface area contributed by atoms with Crippen LogP contribution in [0.4, 0.5) is 0 Å². The molecule has 0 amide bonds. The Bertz CT molecular complexity index is 936. The van der Waals surface area contributed by atoms with Crippen LogP contribution in [0.15, 0.2) is 57.9 Å². The third-order valence-electron chi connectivity index (χ3n) is 3.45. The number of ether oxygens (including phenoxy) is 2. The highest BCUT2D eigenvalue weighted by Crippen LogP contribution is 2.24. The SMILES string of the molecule is COc1ccc(-c2coc3cc(OCC#N)ccc3c2=O)cc1. The number of benzene rings is 2. The first-order chi connectivity index (χ1) is 11.2. The van der Waals surface area contributed by atoms with Gasteiger partial charge in [0.05, 0.1) is 18.1 Å². The van der Waals surface area contributed by atoms with Gasteiger partial charge in [-0.15, -0.1) is 0 Å². The fraction of sp³-hybridized carbons (Fsp3) is 0.111. The topological polar surface area (TPSA) is 72.5 Å². The molecule has 1 heterocycles. The normalized spacial score (nSPS) is 10.3. The highest BCUT2D eigenvalue weighted by molar-refractivity contribution is 5.82. The summed E-state index contributed by atoms with van der Waals surface area (Å²) in [7, 11) is 1.59. The molecule has 1 aromatic heterocycles. The Morgan fingerprint density at radius 2 is 1.87 bits per heavy atom. The van der Waals surface area contributed by atoms with Crippen LogP contribution in [0, 0.1) is 11.3 Å². The number of hydrogen-bond acceptors (Lipinski definition) is 5. The molecule has 3 aromatic rings. The highest BCUT2D eigenvalue weighted by Gasteiger charge is 2.10. The molecule has 0 spiro atoms. The standard InChI is InChI=1S/C18H13NO4/c1-21-13-4-2-12(3-5-13)16-11-23-17-10-14(22-9-8-19)6-7-15(17)18(16)20/h2-7,10-11H,9H2,1H3. The third-order valence-corrected chi connectivity index (χ3v) is 3.45. The first-order valence-electron chi connectivity index (χ1n) is 6.92. The molecule has 0 aliphatic rings. The number of nitriles is 1. The minimum Gasteiger partial charge on any atom is -0.497 e. The zero-order chi connectivity index (χ0) is 16.2. The lowest BCUT2D eigenvalue weighted by atomic mass is 10.1. The van der Waals surface area contributed by atoms with Crippen molar-refractivity contribution in [3.8, 4) is 28.7 Å². The average Bonchev–Trinajstić information content (AvgIpc) is 2.60. The number of hydrogen-bond donors (Lipinski definition) is 0. The molecule has 0 aliphatic heterocycles. The summed E-state index contributed by atoms with van der Waals surface area (Å²) in [5, 5.41) is 8.99. The zero-order valence-corrected chi connectivity index (χ0v) is 12.4. The predicted octanol–water partition coefficient (Wildman–Crippen LogP) is 3.37. The molecule has 0 unspecified atom stereocenters. The molecule has 0 atom stereocenters. The van der Waals surface area contributed by atoms with Crippen molar-refractivity contribution >= 4 is 11.0 Å². The van der Waals surface area contributed by atoms with Crippen molar-refractivity contribution in [1.82, 2.24) is 0 Å². The van der Waals surface area contributed by atoms with E-state index in [2.05, 4.69) is 0 Å². The van der Waals surface area contributed by atoms with Gasteiger partial charge < -0.3 is 13.9 Å². The summed E-state index contributed by atoms with van der Waals surface area (Å²) in [6.45, 7) is -0.0559. The predicted molar refractivity (Wildman–Crippen MR) is 85.6 cm³/mol. The van der Waals surface area contributed by atoms with Gasteiger partial charge in [-0.3, -0.25) is 4.79 Å². The van der Waals surface area contributed by atoms with Crippen LogP contribution in [0.3, 0.4) is 0 Å². The maximum atomic E-state index is 12.6. The molecule has 0 aliphatic carbocycles. The third kappa shape index (κ3) is 2.87. The molecule has 0 fully saturated rings. The molecule has 3 rings (SSSR count). The zero-order valence-electron chi connectivity index (χ0n) is 12.4. The Labute approximate surface area is 132 Å². The van der Waals surface area contributed by atoms with Crippen LogP contribution in [0.25, 0.3) is 22.1 Å². The molecule has 23 heavy (non-hydrogen) atoms. The second-order valence-electron chi connectivity index (χ2n) is 4.81. The number of nitrogens with zero attached hydrogens (tertiary/aromatic N) is 1. The minimum atomic E-state index is -0.122. The van der Waals surface area contributed by atoms with Crippen molar-refractivity contribution in [3.05, 3.63) is 59.0 Å². The van der Waals surface area contributed by atoms with E-state index < -0.39 is 0 Å². The molecule has 5 nitrogen and oxygen atoms in total. The van der Waals surface area contributed by atoms with E-state index in [1.165, 1.54) is 6.26 Å². The van der Waals surface area contributed by atoms with Gasteiger partial charge in [0.15, 0.2) is 12.0 Å². The number of fused-ring (bicyclic) bond motifs is 1. The van der Waals surface area contributed by atoms with Gasteiger partial charge in [0.2, 0.25) is 0 Å². The van der Waals surface area contributed by atoms with Crippen molar-refractivity contribution in [2.75, 3.05) is 13.7 Å². The second-order valence-corrected chi connectivity index (χ2v) is 4.81. The number of methoxy groups -OCH3 is 1. The van der Waals surface area contributed by atoms with Crippen molar-refractivity contribution in [1.29, 1.82) is 5.26 Å². The summed E-state index contributed by atoms with van der Waals surface area (Å²) in [6.07, 6.45) is 1.43. The van der Waals surface area contributed by atoms with Crippen LogP contribution in [0.2, 0.25) is 0 Å². The molecular weight excluding hydrogens is 294 g/mol. The summed E-state index contributed by atoms with van der Waals surface area (Å²) >= 11 is 0. The van der Waals surface area contributed by atoms with E-state index in [0.29, 0.717) is 22.3 Å². The Morgan fingerprint density at radius 1 is 1.13 bits per heavy atom. The Morgan fingerprint density at radius 3 is 2.57 bits per heavy atom. The fourth-order valence-electron chi connectivity index (χ4n) is 2.28. The first-order valence-corrected chi connectivity index (χ1v) is 6.92. The highest BCUT2D eigenvalue weighted by atomic mass is 16.5. The van der Waals surface area contributed by atoms with E-state index in [1.54, 1.807) is 49.6 Å². The minimum absolute atomic E-state index is 0.0559. The summed E-state index contributed by atoms with van der Waals surface area (Å²) in [5.74, 6) is 1.21. The van der Waals surface area contributed by atoms with Crippen molar-refractivity contribution in [2.24, 2.45) is 0 Å². The van der Waals surface area contributed by atoms with Gasteiger partial charge in [-0.05, 0) is 29.8 Å². The molecule has 0 saturated heterocycles. The van der Waals surface area contributed by atoms with Crippen molar-refractivity contribution < 1.29 is 13.9 Å². The van der Waals surface area contributed by atoms with Crippen LogP contribution >= 0.6 is 0 Å². The average molecular weight is 307 g/mol. The van der Waals surface area contributed by atoms with E-state index in [1.807, 2.05) is 6.07 Å². The molecule has 0 bridgehead atoms. The summed E-state index contributed by atoms with van der Waals surface area (Å²) < 4.78 is 15.9. The van der Waals surface area contributed by atoms with Crippen molar-refractivity contribution in [2.45, 2.75) is 0 Å². The van der Waals surface area contributed by atoms with Crippen LogP contribution in [-0.2, 0) is 0 Å². The van der Waals surface area contributed by atoms with Crippen LogP contribution in [0.5, 0.6) is 11.5 Å². The van der Waals surface area contributed by atoms with Crippen LogP contribution < -0.4 is 14.9 Å². The fourth-order valence-corrected chi connectivity index (χ4v) is 2.28. The van der Waals surface area contributed by atoms with Crippen molar-refractivity contribution in [3.63, 3.8) is 0 Å². The molecule has 0 N–H and O–H groups in total. The lowest BCUT2D eigenvalue weighted by Crippen LogP contribution is -2.05. The second kappa shape index (κ2) is 6.24. The molecule has 2 aromatic carbocycles. The molecule has 114 valence electrons. The van der Waals surface area contributed by atoms with Crippen LogP contribution in [-0.4, -0.2) is 13.7 Å². The quantitative estimate of drug-likeness (QED) is 0.739. The van der Waals surface area contributed by atoms with E-state index in [9.17, 15) is 4.79 Å². The van der Waals surface area contributed by atoms with Crippen LogP contribution in [0.1, 0.15) is 0 Å². The molecule has 0 saturated carbocycles. The van der Waals surface area contributed by atoms with Gasteiger partial charge in [0, 0.05) is 6.07 Å². The Hall–Kier alpha value is -3.26. The van der Waals surface area contributed by atoms with Gasteiger partial charge in [-0.25, -0.2) is 0 Å². The summed E-state index contributed by atoms with van der Waals surface area (Å²) in [4.78, 5) is 12.6. The monoisotopic (exact) mass is 307 g/mol. The smallest absolute Gasteiger partial charge is 0.200 e. The summed E-state index contributed by atoms with van der Waals surface area (Å²) in [6, 6.07) is 14.0. The van der Waals surface area contributed by atoms with E-state index >= 15 is 0 Å². The number of rotatable bonds is 4. The van der Waals surface area contributed by atoms with Gasteiger partial charge >= 0.3 is 0 Å². The first kappa shape index (κ1) is 14.7. The Kier molecular flexibility index (Phi) is 3.98.